The SMILES string of the molecule is C=C(C)[C@@H]1CC[C@]2(CC3CCC(OC)CC3)CC[C@]3(C)[C@H](CC[C@@H]4[C@@]5(C)CC[C@H](OC(=O)CC(C)(C)CC(=O)O)C(C)(C)[C@@H]5CC[C@]43C)[C@@H]12. The standard InChI is InChI=1S/C44H72O5/c1-28(2)31-17-22-44(25-29-11-13-30(48-10)14-12-29)24-23-42(8)32(38(31)44)15-16-34-41(7)20-19-35(40(5,6)33(41)18-21-43(34,42)9)49-37(47)27-39(3,4)26-36(45)46/h29-35,38H,1,11-27H2,2-10H3,(H,45,46)/t29?,30?,31-,32+,33-,34+,35-,38+,41-,42+,43+,44+/m0/s1. The lowest BCUT2D eigenvalue weighted by Crippen LogP contribution is -2.66. The van der Waals surface area contributed by atoms with Gasteiger partial charge in [-0.15, -0.1) is 0 Å². The van der Waals surface area contributed by atoms with Crippen molar-refractivity contribution in [3.8, 4) is 0 Å². The molecule has 5 heteroatoms. The van der Waals surface area contributed by atoms with Gasteiger partial charge in [0.1, 0.15) is 6.10 Å². The summed E-state index contributed by atoms with van der Waals surface area (Å²) in [5, 5.41) is 9.35. The van der Waals surface area contributed by atoms with Crippen molar-refractivity contribution >= 4 is 11.9 Å². The summed E-state index contributed by atoms with van der Waals surface area (Å²) in [6.45, 7) is 23.6. The molecule has 0 aliphatic heterocycles. The summed E-state index contributed by atoms with van der Waals surface area (Å²) in [5.74, 6) is 3.20. The van der Waals surface area contributed by atoms with Gasteiger partial charge in [0.25, 0.3) is 0 Å². The fraction of sp³-hybridized carbons (Fsp3) is 0.909. The first-order valence-corrected chi connectivity index (χ1v) is 20.4. The summed E-state index contributed by atoms with van der Waals surface area (Å²) in [6.07, 6.45) is 19.9. The molecule has 6 rings (SSSR count). The highest BCUT2D eigenvalue weighted by molar-refractivity contribution is 5.73. The van der Waals surface area contributed by atoms with Crippen LogP contribution in [0.15, 0.2) is 12.2 Å². The highest BCUT2D eigenvalue weighted by Gasteiger charge is 2.71. The van der Waals surface area contributed by atoms with Gasteiger partial charge in [0, 0.05) is 12.5 Å². The molecule has 6 aliphatic rings. The summed E-state index contributed by atoms with van der Waals surface area (Å²) >= 11 is 0. The molecule has 1 N–H and O–H groups in total. The van der Waals surface area contributed by atoms with Crippen LogP contribution in [0.4, 0.5) is 0 Å². The first-order chi connectivity index (χ1) is 22.8. The van der Waals surface area contributed by atoms with Gasteiger partial charge in [-0.25, -0.2) is 0 Å². The number of carbonyl (C=O) groups excluding carboxylic acids is 1. The third kappa shape index (κ3) is 6.18. The lowest BCUT2D eigenvalue weighted by atomic mass is 9.32. The number of hydrogen-bond donors (Lipinski definition) is 1. The quantitative estimate of drug-likeness (QED) is 0.194. The average Bonchev–Trinajstić information content (AvgIpc) is 3.38. The minimum atomic E-state index is -0.864. The maximum Gasteiger partial charge on any atom is 0.306 e. The lowest BCUT2D eigenvalue weighted by molar-refractivity contribution is -0.251. The molecule has 49 heavy (non-hydrogen) atoms. The molecule has 0 heterocycles. The van der Waals surface area contributed by atoms with E-state index in [1.165, 1.54) is 89.0 Å². The second kappa shape index (κ2) is 12.9. The van der Waals surface area contributed by atoms with Crippen LogP contribution < -0.4 is 0 Å². The molecule has 6 aliphatic carbocycles. The zero-order chi connectivity index (χ0) is 35.8. The first kappa shape index (κ1) is 37.4. The van der Waals surface area contributed by atoms with Crippen LogP contribution in [0.2, 0.25) is 0 Å². The van der Waals surface area contributed by atoms with E-state index in [2.05, 4.69) is 48.1 Å². The Morgan fingerprint density at radius 2 is 1.49 bits per heavy atom. The van der Waals surface area contributed by atoms with E-state index < -0.39 is 11.4 Å². The Kier molecular flexibility index (Phi) is 9.88. The van der Waals surface area contributed by atoms with Crippen LogP contribution in [0, 0.1) is 68.0 Å². The number of methoxy groups -OCH3 is 1. The molecule has 0 spiro atoms. The van der Waals surface area contributed by atoms with Crippen molar-refractivity contribution in [3.63, 3.8) is 0 Å². The van der Waals surface area contributed by atoms with Gasteiger partial charge in [0.05, 0.1) is 18.9 Å². The number of carboxylic acid groups (broad SMARTS) is 1. The van der Waals surface area contributed by atoms with E-state index in [9.17, 15) is 14.7 Å². The van der Waals surface area contributed by atoms with Gasteiger partial charge in [-0.2, -0.15) is 0 Å². The van der Waals surface area contributed by atoms with Crippen LogP contribution in [0.5, 0.6) is 0 Å². The molecule has 5 nitrogen and oxygen atoms in total. The molecule has 0 radical (unpaired) electrons. The maximum atomic E-state index is 13.2. The van der Waals surface area contributed by atoms with Gasteiger partial charge in [0.15, 0.2) is 0 Å². The number of fused-ring (bicyclic) bond motifs is 7. The first-order valence-electron chi connectivity index (χ1n) is 20.4. The van der Waals surface area contributed by atoms with Crippen LogP contribution in [-0.2, 0) is 19.1 Å². The van der Waals surface area contributed by atoms with Crippen LogP contribution in [0.1, 0.15) is 165 Å². The summed E-state index contributed by atoms with van der Waals surface area (Å²) < 4.78 is 12.1. The predicted octanol–water partition coefficient (Wildman–Crippen LogP) is 11.0. The van der Waals surface area contributed by atoms with Gasteiger partial charge >= 0.3 is 11.9 Å². The molecule has 0 saturated heterocycles. The smallest absolute Gasteiger partial charge is 0.306 e. The fourth-order valence-electron chi connectivity index (χ4n) is 15.0. The van der Waals surface area contributed by atoms with Gasteiger partial charge in [-0.3, -0.25) is 9.59 Å². The molecule has 0 aromatic rings. The molecular formula is C44H72O5. The number of hydrogen-bond acceptors (Lipinski definition) is 4. The zero-order valence-electron chi connectivity index (χ0n) is 32.9. The second-order valence-electron chi connectivity index (χ2n) is 20.9. The number of ether oxygens (including phenoxy) is 2. The summed E-state index contributed by atoms with van der Waals surface area (Å²) in [6, 6.07) is 0. The normalized spacial score (nSPS) is 46.1. The predicted molar refractivity (Wildman–Crippen MR) is 197 cm³/mol. The van der Waals surface area contributed by atoms with Crippen molar-refractivity contribution in [1.29, 1.82) is 0 Å². The molecule has 0 aromatic carbocycles. The molecule has 0 aromatic heterocycles. The largest absolute Gasteiger partial charge is 0.481 e. The number of carbonyl (C=O) groups is 2. The van der Waals surface area contributed by atoms with E-state index in [1.54, 1.807) is 0 Å². The van der Waals surface area contributed by atoms with Gasteiger partial charge in [-0.05, 0) is 166 Å². The van der Waals surface area contributed by atoms with E-state index in [0.717, 1.165) is 30.6 Å². The minimum absolute atomic E-state index is 0.0264. The topological polar surface area (TPSA) is 72.8 Å². The summed E-state index contributed by atoms with van der Waals surface area (Å²) in [4.78, 5) is 24.6. The van der Waals surface area contributed by atoms with Crippen LogP contribution in [0.25, 0.3) is 0 Å². The van der Waals surface area contributed by atoms with Crippen molar-refractivity contribution in [2.45, 2.75) is 177 Å². The van der Waals surface area contributed by atoms with Crippen molar-refractivity contribution in [1.82, 2.24) is 0 Å². The average molecular weight is 681 g/mol. The fourth-order valence-corrected chi connectivity index (χ4v) is 15.0. The summed E-state index contributed by atoms with van der Waals surface area (Å²) in [5.41, 5.74) is 2.10. The molecule has 0 amide bonds. The number of carboxylic acids is 1. The molecule has 10 atom stereocenters. The van der Waals surface area contributed by atoms with E-state index in [-0.39, 0.29) is 35.7 Å². The number of allylic oxidation sites excluding steroid dienone is 1. The second-order valence-corrected chi connectivity index (χ2v) is 20.9. The Morgan fingerprint density at radius 3 is 2.12 bits per heavy atom. The van der Waals surface area contributed by atoms with Crippen LogP contribution >= 0.6 is 0 Å². The maximum absolute atomic E-state index is 13.2. The van der Waals surface area contributed by atoms with Crippen LogP contribution in [-0.4, -0.2) is 36.4 Å². The Balaban J connectivity index is 1.22. The van der Waals surface area contributed by atoms with E-state index in [1.807, 2.05) is 21.0 Å². The Labute approximate surface area is 299 Å². The molecule has 278 valence electrons. The Hall–Kier alpha value is -1.36. The molecule has 0 bridgehead atoms. The van der Waals surface area contributed by atoms with E-state index in [4.69, 9.17) is 9.47 Å². The van der Waals surface area contributed by atoms with Crippen molar-refractivity contribution < 1.29 is 24.2 Å². The van der Waals surface area contributed by atoms with Crippen LogP contribution in [0.3, 0.4) is 0 Å². The Morgan fingerprint density at radius 1 is 0.796 bits per heavy atom. The van der Waals surface area contributed by atoms with Crippen molar-refractivity contribution in [2.24, 2.45) is 68.0 Å². The molecule has 6 fully saturated rings. The van der Waals surface area contributed by atoms with Crippen molar-refractivity contribution in [3.05, 3.63) is 12.2 Å². The molecule has 0 unspecified atom stereocenters. The van der Waals surface area contributed by atoms with E-state index in [0.29, 0.717) is 40.1 Å². The minimum Gasteiger partial charge on any atom is -0.481 e. The van der Waals surface area contributed by atoms with Gasteiger partial charge < -0.3 is 14.6 Å². The molecule has 6 saturated carbocycles. The number of esters is 1. The highest BCUT2D eigenvalue weighted by atomic mass is 16.5. The van der Waals surface area contributed by atoms with Gasteiger partial charge in [0.2, 0.25) is 0 Å². The lowest BCUT2D eigenvalue weighted by Gasteiger charge is -2.73. The third-order valence-electron chi connectivity index (χ3n) is 17.5. The Bertz CT molecular complexity index is 1280. The number of aliphatic carboxylic acids is 1. The monoisotopic (exact) mass is 681 g/mol. The third-order valence-corrected chi connectivity index (χ3v) is 17.5. The highest BCUT2D eigenvalue weighted by Crippen LogP contribution is 2.78. The summed E-state index contributed by atoms with van der Waals surface area (Å²) in [7, 11) is 1.90. The molecular weight excluding hydrogens is 608 g/mol. The van der Waals surface area contributed by atoms with Gasteiger partial charge in [-0.1, -0.05) is 60.6 Å². The zero-order valence-corrected chi connectivity index (χ0v) is 32.9. The van der Waals surface area contributed by atoms with E-state index >= 15 is 0 Å². The van der Waals surface area contributed by atoms with Crippen molar-refractivity contribution in [2.75, 3.05) is 7.11 Å². The number of rotatable bonds is 9.